The molecule has 0 spiro atoms. The van der Waals surface area contributed by atoms with Crippen molar-refractivity contribution in [3.63, 3.8) is 0 Å². The van der Waals surface area contributed by atoms with Gasteiger partial charge in [0.15, 0.2) is 0 Å². The molecule has 0 saturated heterocycles. The highest BCUT2D eigenvalue weighted by molar-refractivity contribution is 5.51. The molecule has 0 saturated carbocycles. The number of H-pyrrole nitrogens is 2. The Morgan fingerprint density at radius 3 is 1.07 bits per heavy atom. The van der Waals surface area contributed by atoms with Gasteiger partial charge in [0.2, 0.25) is 0 Å². The summed E-state index contributed by atoms with van der Waals surface area (Å²) in [6.07, 6.45) is 17.9. The molecule has 2 unspecified atom stereocenters. The van der Waals surface area contributed by atoms with Crippen molar-refractivity contribution >= 4 is 0 Å². The summed E-state index contributed by atoms with van der Waals surface area (Å²) < 4.78 is 0. The van der Waals surface area contributed by atoms with Gasteiger partial charge in [0.05, 0.1) is 5.41 Å². The number of aromatic nitrogens is 2. The summed E-state index contributed by atoms with van der Waals surface area (Å²) >= 11 is 0. The normalized spacial score (nSPS) is 18.8. The minimum absolute atomic E-state index is 0.242. The van der Waals surface area contributed by atoms with Crippen molar-refractivity contribution in [1.82, 2.24) is 9.97 Å². The molecule has 0 aliphatic heterocycles. The minimum Gasteiger partial charge on any atom is -0.360 e. The zero-order chi connectivity index (χ0) is 30.2. The van der Waals surface area contributed by atoms with Crippen molar-refractivity contribution in [3.8, 4) is 0 Å². The molecule has 0 radical (unpaired) electrons. The van der Waals surface area contributed by atoms with Gasteiger partial charge in [-0.2, -0.15) is 0 Å². The van der Waals surface area contributed by atoms with Crippen molar-refractivity contribution in [2.45, 2.75) is 37.0 Å². The molecule has 0 bridgehead atoms. The number of rotatable bonds is 9. The standard InChI is InChI=1S/C42H40N2/c1-40(33-23-13-14-24-33,31-17-7-4-8-18-31)36-27-29-38(43-36)42(3,35-21-11-6-12-22-35)39-30-28-37(44-39)41(2,34-25-15-16-26-34)32-19-9-5-10-20-32/h4-30,33-34,43-44H,1-3H3. The van der Waals surface area contributed by atoms with Crippen LogP contribution >= 0.6 is 0 Å². The monoisotopic (exact) mass is 572 g/mol. The van der Waals surface area contributed by atoms with Crippen LogP contribution in [0.25, 0.3) is 0 Å². The van der Waals surface area contributed by atoms with E-state index < -0.39 is 5.41 Å². The van der Waals surface area contributed by atoms with Crippen LogP contribution in [0.3, 0.4) is 0 Å². The van der Waals surface area contributed by atoms with Gasteiger partial charge in [-0.1, -0.05) is 140 Å². The maximum absolute atomic E-state index is 3.99. The Kier molecular flexibility index (Phi) is 7.01. The molecule has 2 heterocycles. The summed E-state index contributed by atoms with van der Waals surface area (Å²) in [5, 5.41) is 0. The first-order valence-electron chi connectivity index (χ1n) is 15.7. The van der Waals surface area contributed by atoms with E-state index in [-0.39, 0.29) is 22.7 Å². The van der Waals surface area contributed by atoms with E-state index in [0.29, 0.717) is 0 Å². The summed E-state index contributed by atoms with van der Waals surface area (Å²) in [5.41, 5.74) is 7.69. The molecule has 2 aromatic heterocycles. The molecule has 5 aromatic rings. The minimum atomic E-state index is -0.435. The fraction of sp³-hybridized carbons (Fsp3) is 0.190. The highest BCUT2D eigenvalue weighted by Crippen LogP contribution is 2.46. The molecule has 0 fully saturated rings. The highest BCUT2D eigenvalue weighted by Gasteiger charge is 2.42. The average molecular weight is 573 g/mol. The van der Waals surface area contributed by atoms with Crippen molar-refractivity contribution in [2.75, 3.05) is 0 Å². The molecule has 2 heteroatoms. The SMILES string of the molecule is CC(c1ccccc1)(c1ccc(C(C)(c2ccccc2)C2C=CC=C2)[nH]1)c1ccc(C(C)(c2ccccc2)C2C=CC=C2)[nH]1. The van der Waals surface area contributed by atoms with Gasteiger partial charge >= 0.3 is 0 Å². The molecule has 2 aliphatic carbocycles. The van der Waals surface area contributed by atoms with Crippen LogP contribution in [0.1, 0.15) is 60.2 Å². The van der Waals surface area contributed by atoms with Crippen molar-refractivity contribution in [3.05, 3.63) is 203 Å². The Morgan fingerprint density at radius 2 is 0.705 bits per heavy atom. The van der Waals surface area contributed by atoms with Gasteiger partial charge < -0.3 is 9.97 Å². The molecular weight excluding hydrogens is 532 g/mol. The van der Waals surface area contributed by atoms with E-state index in [2.05, 4.69) is 195 Å². The molecular formula is C42H40N2. The maximum Gasteiger partial charge on any atom is 0.0723 e. The molecule has 218 valence electrons. The quantitative estimate of drug-likeness (QED) is 0.176. The summed E-state index contributed by atoms with van der Waals surface area (Å²) in [4.78, 5) is 7.98. The highest BCUT2D eigenvalue weighted by atomic mass is 14.8. The topological polar surface area (TPSA) is 31.6 Å². The number of hydrogen-bond donors (Lipinski definition) is 2. The van der Waals surface area contributed by atoms with Crippen LogP contribution in [-0.2, 0) is 16.2 Å². The van der Waals surface area contributed by atoms with Gasteiger partial charge in [0.25, 0.3) is 0 Å². The van der Waals surface area contributed by atoms with E-state index in [9.17, 15) is 0 Å². The first kappa shape index (κ1) is 28.0. The van der Waals surface area contributed by atoms with Crippen LogP contribution in [0.4, 0.5) is 0 Å². The molecule has 0 amide bonds. The number of nitrogens with one attached hydrogen (secondary N) is 2. The molecule has 2 aliphatic rings. The molecule has 2 nitrogen and oxygen atoms in total. The van der Waals surface area contributed by atoms with Crippen molar-refractivity contribution < 1.29 is 0 Å². The lowest BCUT2D eigenvalue weighted by atomic mass is 9.70. The van der Waals surface area contributed by atoms with E-state index in [1.807, 2.05) is 0 Å². The van der Waals surface area contributed by atoms with Gasteiger partial charge in [-0.25, -0.2) is 0 Å². The Labute approximate surface area is 261 Å². The van der Waals surface area contributed by atoms with Crippen molar-refractivity contribution in [1.29, 1.82) is 0 Å². The predicted molar refractivity (Wildman–Crippen MR) is 183 cm³/mol. The summed E-state index contributed by atoms with van der Waals surface area (Å²) in [6.45, 7) is 7.07. The average Bonchev–Trinajstić information content (AvgIpc) is 3.92. The van der Waals surface area contributed by atoms with Crippen LogP contribution in [0.2, 0.25) is 0 Å². The maximum atomic E-state index is 3.99. The molecule has 7 rings (SSSR count). The first-order chi connectivity index (χ1) is 21.4. The number of hydrogen-bond acceptors (Lipinski definition) is 0. The van der Waals surface area contributed by atoms with Gasteiger partial charge in [0, 0.05) is 45.4 Å². The summed E-state index contributed by atoms with van der Waals surface area (Å²) in [7, 11) is 0. The lowest BCUT2D eigenvalue weighted by Gasteiger charge is -2.35. The zero-order valence-corrected chi connectivity index (χ0v) is 25.7. The van der Waals surface area contributed by atoms with Crippen LogP contribution in [0.5, 0.6) is 0 Å². The third-order valence-corrected chi connectivity index (χ3v) is 10.5. The molecule has 2 N–H and O–H groups in total. The largest absolute Gasteiger partial charge is 0.360 e. The number of benzene rings is 3. The van der Waals surface area contributed by atoms with Gasteiger partial charge in [-0.15, -0.1) is 0 Å². The van der Waals surface area contributed by atoms with E-state index >= 15 is 0 Å². The van der Waals surface area contributed by atoms with Gasteiger partial charge in [-0.3, -0.25) is 0 Å². The third-order valence-electron chi connectivity index (χ3n) is 10.5. The summed E-state index contributed by atoms with van der Waals surface area (Å²) in [6, 6.07) is 41.9. The van der Waals surface area contributed by atoms with Crippen molar-refractivity contribution in [2.24, 2.45) is 11.8 Å². The number of aromatic amines is 2. The van der Waals surface area contributed by atoms with Crippen LogP contribution < -0.4 is 0 Å². The Morgan fingerprint density at radius 1 is 0.386 bits per heavy atom. The Bertz CT molecular complexity index is 1710. The zero-order valence-electron chi connectivity index (χ0n) is 25.7. The molecule has 2 atom stereocenters. The second kappa shape index (κ2) is 11.0. The van der Waals surface area contributed by atoms with E-state index in [1.165, 1.54) is 39.5 Å². The lowest BCUT2D eigenvalue weighted by Crippen LogP contribution is -2.33. The fourth-order valence-electron chi connectivity index (χ4n) is 7.46. The number of allylic oxidation sites excluding steroid dienone is 8. The second-order valence-corrected chi connectivity index (χ2v) is 12.8. The third kappa shape index (κ3) is 4.40. The van der Waals surface area contributed by atoms with Gasteiger partial charge in [-0.05, 0) is 61.7 Å². The lowest BCUT2D eigenvalue weighted by molar-refractivity contribution is 0.470. The van der Waals surface area contributed by atoms with E-state index in [4.69, 9.17) is 0 Å². The predicted octanol–water partition coefficient (Wildman–Crippen LogP) is 9.79. The van der Waals surface area contributed by atoms with Crippen LogP contribution in [-0.4, -0.2) is 9.97 Å². The second-order valence-electron chi connectivity index (χ2n) is 12.8. The molecule has 3 aromatic carbocycles. The Balaban J connectivity index is 1.37. The fourth-order valence-corrected chi connectivity index (χ4v) is 7.46. The first-order valence-corrected chi connectivity index (χ1v) is 15.7. The smallest absolute Gasteiger partial charge is 0.0723 e. The van der Waals surface area contributed by atoms with Crippen LogP contribution in [0, 0.1) is 11.8 Å². The van der Waals surface area contributed by atoms with E-state index in [1.54, 1.807) is 0 Å². The Hall–Kier alpha value is -4.82. The van der Waals surface area contributed by atoms with E-state index in [0.717, 1.165) is 0 Å². The molecule has 44 heavy (non-hydrogen) atoms. The van der Waals surface area contributed by atoms with Crippen LogP contribution in [0.15, 0.2) is 164 Å². The summed E-state index contributed by atoms with van der Waals surface area (Å²) in [5.74, 6) is 0.520. The van der Waals surface area contributed by atoms with Gasteiger partial charge in [0.1, 0.15) is 0 Å².